The molecule has 0 aromatic heterocycles. The van der Waals surface area contributed by atoms with Crippen LogP contribution in [-0.4, -0.2) is 37.5 Å². The first-order chi connectivity index (χ1) is 9.01. The van der Waals surface area contributed by atoms with Gasteiger partial charge in [-0.25, -0.2) is 0 Å². The molecule has 106 valence electrons. The lowest BCUT2D eigenvalue weighted by atomic mass is 10.00. The van der Waals surface area contributed by atoms with Crippen LogP contribution in [-0.2, 0) is 10.2 Å². The van der Waals surface area contributed by atoms with Crippen molar-refractivity contribution in [2.45, 2.75) is 12.8 Å². The fourth-order valence-electron chi connectivity index (χ4n) is 2.06. The predicted octanol–water partition coefficient (Wildman–Crippen LogP) is 1.81. The highest BCUT2D eigenvalue weighted by atomic mass is 79.9. The van der Waals surface area contributed by atoms with E-state index in [0.29, 0.717) is 31.6 Å². The average Bonchev–Trinajstić information content (AvgIpc) is 2.41. The van der Waals surface area contributed by atoms with Crippen LogP contribution in [0.1, 0.15) is 12.8 Å². The maximum Gasteiger partial charge on any atom is 0.301 e. The molecule has 0 spiro atoms. The topological polar surface area (TPSA) is 69.6 Å². The molecule has 1 fully saturated rings. The van der Waals surface area contributed by atoms with Gasteiger partial charge in [0.15, 0.2) is 0 Å². The number of hydrogen-bond acceptors (Lipinski definition) is 3. The van der Waals surface area contributed by atoms with Crippen LogP contribution in [0.5, 0.6) is 0 Å². The van der Waals surface area contributed by atoms with Crippen molar-refractivity contribution in [3.8, 4) is 0 Å². The summed E-state index contributed by atoms with van der Waals surface area (Å²) in [7, 11) is -3.49. The number of rotatable bonds is 4. The second-order valence-corrected chi connectivity index (χ2v) is 7.23. The zero-order chi connectivity index (χ0) is 13.9. The third-order valence-corrected chi connectivity index (χ3v) is 5.33. The van der Waals surface area contributed by atoms with E-state index < -0.39 is 10.2 Å². The van der Waals surface area contributed by atoms with E-state index in [1.165, 1.54) is 4.31 Å². The SMILES string of the molecule is O=S(=O)(Nc1ccc(Br)cc1)N1CCC(CO)CC1. The van der Waals surface area contributed by atoms with Gasteiger partial charge < -0.3 is 5.11 Å². The number of benzene rings is 1. The fourth-order valence-corrected chi connectivity index (χ4v) is 3.58. The zero-order valence-electron chi connectivity index (χ0n) is 10.4. The summed E-state index contributed by atoms with van der Waals surface area (Å²) in [6, 6.07) is 7.00. The Hall–Kier alpha value is -0.630. The molecule has 0 saturated carbocycles. The first-order valence-corrected chi connectivity index (χ1v) is 8.39. The van der Waals surface area contributed by atoms with Crippen molar-refractivity contribution in [3.63, 3.8) is 0 Å². The third-order valence-electron chi connectivity index (χ3n) is 3.26. The van der Waals surface area contributed by atoms with Crippen LogP contribution >= 0.6 is 15.9 Å². The van der Waals surface area contributed by atoms with Crippen molar-refractivity contribution in [1.29, 1.82) is 0 Å². The minimum Gasteiger partial charge on any atom is -0.396 e. The Morgan fingerprint density at radius 3 is 2.37 bits per heavy atom. The molecular formula is C12H17BrN2O3S. The highest BCUT2D eigenvalue weighted by molar-refractivity contribution is 9.10. The summed E-state index contributed by atoms with van der Waals surface area (Å²) in [5.74, 6) is 0.221. The van der Waals surface area contributed by atoms with Crippen LogP contribution in [0.15, 0.2) is 28.7 Å². The molecule has 0 aliphatic carbocycles. The van der Waals surface area contributed by atoms with E-state index >= 15 is 0 Å². The molecule has 1 aliphatic rings. The highest BCUT2D eigenvalue weighted by Crippen LogP contribution is 2.21. The first-order valence-electron chi connectivity index (χ1n) is 6.15. The Labute approximate surface area is 121 Å². The summed E-state index contributed by atoms with van der Waals surface area (Å²) in [5.41, 5.74) is 0.549. The van der Waals surface area contributed by atoms with Crippen LogP contribution < -0.4 is 4.72 Å². The maximum absolute atomic E-state index is 12.2. The van der Waals surface area contributed by atoms with Crippen LogP contribution in [0.2, 0.25) is 0 Å². The van der Waals surface area contributed by atoms with Crippen molar-refractivity contribution < 1.29 is 13.5 Å². The average molecular weight is 349 g/mol. The Morgan fingerprint density at radius 2 is 1.84 bits per heavy atom. The molecule has 0 unspecified atom stereocenters. The van der Waals surface area contributed by atoms with Gasteiger partial charge in [-0.3, -0.25) is 4.72 Å². The third kappa shape index (κ3) is 3.92. The summed E-state index contributed by atoms with van der Waals surface area (Å²) < 4.78 is 29.2. The molecule has 7 heteroatoms. The van der Waals surface area contributed by atoms with Crippen molar-refractivity contribution in [1.82, 2.24) is 4.31 Å². The summed E-state index contributed by atoms with van der Waals surface area (Å²) in [4.78, 5) is 0. The standard InChI is InChI=1S/C12H17BrN2O3S/c13-11-1-3-12(4-2-11)14-19(17,18)15-7-5-10(9-16)6-8-15/h1-4,10,14,16H,5-9H2. The second kappa shape index (κ2) is 6.21. The minimum absolute atomic E-state index is 0.133. The van der Waals surface area contributed by atoms with Gasteiger partial charge in [0.25, 0.3) is 0 Å². The molecule has 2 N–H and O–H groups in total. The first kappa shape index (κ1) is 14.8. The van der Waals surface area contributed by atoms with E-state index in [1.54, 1.807) is 24.3 Å². The molecule has 1 aliphatic heterocycles. The number of nitrogens with one attached hydrogen (secondary N) is 1. The van der Waals surface area contributed by atoms with E-state index in [2.05, 4.69) is 20.7 Å². The predicted molar refractivity (Wildman–Crippen MR) is 78.1 cm³/mol. The molecule has 1 aromatic rings. The summed E-state index contributed by atoms with van der Waals surface area (Å²) in [6.07, 6.45) is 1.41. The van der Waals surface area contributed by atoms with Crippen LogP contribution in [0.4, 0.5) is 5.69 Å². The normalized spacial score (nSPS) is 18.4. The molecule has 0 bridgehead atoms. The van der Waals surface area contributed by atoms with Gasteiger partial charge in [-0.05, 0) is 43.0 Å². The quantitative estimate of drug-likeness (QED) is 0.871. The summed E-state index contributed by atoms with van der Waals surface area (Å²) in [5, 5.41) is 9.05. The lowest BCUT2D eigenvalue weighted by Gasteiger charge is -2.30. The molecule has 5 nitrogen and oxygen atoms in total. The summed E-state index contributed by atoms with van der Waals surface area (Å²) >= 11 is 3.30. The maximum atomic E-state index is 12.2. The van der Waals surface area contributed by atoms with E-state index in [1.807, 2.05) is 0 Å². The number of aliphatic hydroxyl groups excluding tert-OH is 1. The fraction of sp³-hybridized carbons (Fsp3) is 0.500. The van der Waals surface area contributed by atoms with Crippen LogP contribution in [0, 0.1) is 5.92 Å². The Balaban J connectivity index is 2.01. The van der Waals surface area contributed by atoms with Gasteiger partial charge in [-0.2, -0.15) is 12.7 Å². The lowest BCUT2D eigenvalue weighted by Crippen LogP contribution is -2.42. The van der Waals surface area contributed by atoms with E-state index in [0.717, 1.165) is 4.47 Å². The Morgan fingerprint density at radius 1 is 1.26 bits per heavy atom. The number of nitrogens with zero attached hydrogens (tertiary/aromatic N) is 1. The molecule has 0 radical (unpaired) electrons. The molecule has 1 heterocycles. The molecule has 1 saturated heterocycles. The number of piperidine rings is 1. The molecule has 19 heavy (non-hydrogen) atoms. The van der Waals surface area contributed by atoms with Crippen molar-refractivity contribution >= 4 is 31.8 Å². The van der Waals surface area contributed by atoms with Gasteiger partial charge in [0.1, 0.15) is 0 Å². The van der Waals surface area contributed by atoms with E-state index in [9.17, 15) is 8.42 Å². The molecule has 0 amide bonds. The molecular weight excluding hydrogens is 332 g/mol. The van der Waals surface area contributed by atoms with Crippen LogP contribution in [0.3, 0.4) is 0 Å². The van der Waals surface area contributed by atoms with Crippen molar-refractivity contribution in [2.75, 3.05) is 24.4 Å². The highest BCUT2D eigenvalue weighted by Gasteiger charge is 2.27. The lowest BCUT2D eigenvalue weighted by molar-refractivity contribution is 0.170. The Kier molecular flexibility index (Phi) is 4.83. The summed E-state index contributed by atoms with van der Waals surface area (Å²) in [6.45, 7) is 1.04. The van der Waals surface area contributed by atoms with Crippen molar-refractivity contribution in [3.05, 3.63) is 28.7 Å². The van der Waals surface area contributed by atoms with Crippen LogP contribution in [0.25, 0.3) is 0 Å². The van der Waals surface area contributed by atoms with Gasteiger partial charge in [0.2, 0.25) is 0 Å². The monoisotopic (exact) mass is 348 g/mol. The number of hydrogen-bond donors (Lipinski definition) is 2. The molecule has 2 rings (SSSR count). The van der Waals surface area contributed by atoms with Crippen molar-refractivity contribution in [2.24, 2.45) is 5.92 Å². The van der Waals surface area contributed by atoms with E-state index in [-0.39, 0.29) is 12.5 Å². The van der Waals surface area contributed by atoms with Gasteiger partial charge in [0, 0.05) is 29.9 Å². The minimum atomic E-state index is -3.49. The number of halogens is 1. The van der Waals surface area contributed by atoms with Gasteiger partial charge in [0.05, 0.1) is 0 Å². The largest absolute Gasteiger partial charge is 0.396 e. The van der Waals surface area contributed by atoms with Gasteiger partial charge in [-0.15, -0.1) is 0 Å². The second-order valence-electron chi connectivity index (χ2n) is 4.64. The number of anilines is 1. The molecule has 1 aromatic carbocycles. The zero-order valence-corrected chi connectivity index (χ0v) is 12.8. The molecule has 0 atom stereocenters. The van der Waals surface area contributed by atoms with Gasteiger partial charge in [-0.1, -0.05) is 15.9 Å². The van der Waals surface area contributed by atoms with E-state index in [4.69, 9.17) is 5.11 Å². The van der Waals surface area contributed by atoms with Gasteiger partial charge >= 0.3 is 10.2 Å². The Bertz CT molecular complexity index is 510. The number of aliphatic hydroxyl groups is 1. The smallest absolute Gasteiger partial charge is 0.301 e.